The van der Waals surface area contributed by atoms with E-state index in [2.05, 4.69) is 25.7 Å². The second-order valence-corrected chi connectivity index (χ2v) is 7.16. The molecular weight excluding hydrogens is 398 g/mol. The average molecular weight is 422 g/mol. The first kappa shape index (κ1) is 20.6. The Hall–Kier alpha value is -3.68. The Labute approximate surface area is 179 Å². The number of fused-ring (bicyclic) bond motifs is 1. The first-order valence-corrected chi connectivity index (χ1v) is 10.1. The summed E-state index contributed by atoms with van der Waals surface area (Å²) in [6, 6.07) is 12.9. The maximum atomic E-state index is 13.5. The van der Waals surface area contributed by atoms with Gasteiger partial charge in [0.05, 0.1) is 11.4 Å². The van der Waals surface area contributed by atoms with Gasteiger partial charge in [0, 0.05) is 49.9 Å². The maximum Gasteiger partial charge on any atom is 0.190 e. The molecule has 4 rings (SSSR count). The van der Waals surface area contributed by atoms with E-state index in [4.69, 9.17) is 0 Å². The summed E-state index contributed by atoms with van der Waals surface area (Å²) in [7, 11) is 1.72. The zero-order valence-electron chi connectivity index (χ0n) is 17.2. The molecule has 0 saturated heterocycles. The van der Waals surface area contributed by atoms with E-state index >= 15 is 0 Å². The Bertz CT molecular complexity index is 1180. The molecule has 0 bridgehead atoms. The van der Waals surface area contributed by atoms with Crippen LogP contribution in [-0.4, -0.2) is 40.9 Å². The number of benzene rings is 2. The fourth-order valence-corrected chi connectivity index (χ4v) is 3.44. The van der Waals surface area contributed by atoms with Gasteiger partial charge in [-0.1, -0.05) is 0 Å². The quantitative estimate of drug-likeness (QED) is 0.315. The molecule has 6 nitrogen and oxygen atoms in total. The number of aromatic amines is 1. The van der Waals surface area contributed by atoms with E-state index in [0.29, 0.717) is 19.0 Å². The molecule has 0 aliphatic rings. The molecule has 0 spiro atoms. The van der Waals surface area contributed by atoms with Crippen molar-refractivity contribution in [1.82, 2.24) is 25.4 Å². The number of hydrogen-bond acceptors (Lipinski definition) is 2. The largest absolute Gasteiger partial charge is 0.361 e. The standard InChI is InChI=1S/C23H24F2N6/c1-26-23(27-11-8-16-15-29-22-7-4-18(25)14-21(16)22)28-12-9-19-10-13-31(30-19)20-5-2-17(24)3-6-20/h2-7,10,13-15,29H,8-9,11-12H2,1H3,(H2,26,27,28). The maximum absolute atomic E-state index is 13.5. The van der Waals surface area contributed by atoms with Crippen LogP contribution in [-0.2, 0) is 12.8 Å². The van der Waals surface area contributed by atoms with E-state index in [-0.39, 0.29) is 11.6 Å². The van der Waals surface area contributed by atoms with E-state index in [1.165, 1.54) is 18.2 Å². The number of halogens is 2. The highest BCUT2D eigenvalue weighted by atomic mass is 19.1. The highest BCUT2D eigenvalue weighted by molar-refractivity contribution is 5.83. The third kappa shape index (κ3) is 5.09. The molecule has 31 heavy (non-hydrogen) atoms. The summed E-state index contributed by atoms with van der Waals surface area (Å²) in [5.41, 5.74) is 3.73. The summed E-state index contributed by atoms with van der Waals surface area (Å²) in [6.45, 7) is 1.33. The van der Waals surface area contributed by atoms with Gasteiger partial charge < -0.3 is 15.6 Å². The third-order valence-corrected chi connectivity index (χ3v) is 5.05. The first-order valence-electron chi connectivity index (χ1n) is 10.1. The number of nitrogens with zero attached hydrogens (tertiary/aromatic N) is 3. The second kappa shape index (κ2) is 9.42. The summed E-state index contributed by atoms with van der Waals surface area (Å²) in [4.78, 5) is 7.41. The third-order valence-electron chi connectivity index (χ3n) is 5.05. The van der Waals surface area contributed by atoms with E-state index in [1.807, 2.05) is 18.5 Å². The minimum Gasteiger partial charge on any atom is -0.361 e. The molecule has 4 aromatic rings. The number of aromatic nitrogens is 3. The normalized spacial score (nSPS) is 11.8. The summed E-state index contributed by atoms with van der Waals surface area (Å²) < 4.78 is 28.3. The van der Waals surface area contributed by atoms with Crippen molar-refractivity contribution in [2.24, 2.45) is 4.99 Å². The fraction of sp³-hybridized carbons (Fsp3) is 0.217. The van der Waals surface area contributed by atoms with Crippen LogP contribution in [0.3, 0.4) is 0 Å². The topological polar surface area (TPSA) is 70.0 Å². The molecule has 0 saturated carbocycles. The molecular formula is C23H24F2N6. The van der Waals surface area contributed by atoms with Crippen molar-refractivity contribution < 1.29 is 8.78 Å². The van der Waals surface area contributed by atoms with Gasteiger partial charge in [0.2, 0.25) is 0 Å². The van der Waals surface area contributed by atoms with Gasteiger partial charge in [0.1, 0.15) is 11.6 Å². The van der Waals surface area contributed by atoms with Gasteiger partial charge in [-0.15, -0.1) is 0 Å². The zero-order valence-corrected chi connectivity index (χ0v) is 17.2. The molecule has 8 heteroatoms. The number of aliphatic imine (C=N–C) groups is 1. The molecule has 3 N–H and O–H groups in total. The van der Waals surface area contributed by atoms with E-state index < -0.39 is 0 Å². The summed E-state index contributed by atoms with van der Waals surface area (Å²) >= 11 is 0. The van der Waals surface area contributed by atoms with Crippen molar-refractivity contribution in [3.63, 3.8) is 0 Å². The number of H-pyrrole nitrogens is 1. The molecule has 160 valence electrons. The second-order valence-electron chi connectivity index (χ2n) is 7.16. The number of hydrogen-bond donors (Lipinski definition) is 3. The molecule has 0 radical (unpaired) electrons. The molecule has 2 heterocycles. The van der Waals surface area contributed by atoms with Crippen LogP contribution in [0.4, 0.5) is 8.78 Å². The van der Waals surface area contributed by atoms with Crippen LogP contribution in [0, 0.1) is 11.6 Å². The lowest BCUT2D eigenvalue weighted by atomic mass is 10.1. The Morgan fingerprint density at radius 2 is 1.74 bits per heavy atom. The van der Waals surface area contributed by atoms with Crippen molar-refractivity contribution in [2.75, 3.05) is 20.1 Å². The SMILES string of the molecule is CN=C(NCCc1ccn(-c2ccc(F)cc2)n1)NCCc1c[nH]c2ccc(F)cc12. The van der Waals surface area contributed by atoms with E-state index in [0.717, 1.165) is 40.7 Å². The van der Waals surface area contributed by atoms with Crippen molar-refractivity contribution in [3.8, 4) is 5.69 Å². The van der Waals surface area contributed by atoms with Gasteiger partial charge in [-0.2, -0.15) is 5.10 Å². The zero-order chi connectivity index (χ0) is 21.6. The summed E-state index contributed by atoms with van der Waals surface area (Å²) in [5.74, 6) is 0.195. The smallest absolute Gasteiger partial charge is 0.190 e. The molecule has 0 fully saturated rings. The minimum absolute atomic E-state index is 0.236. The Morgan fingerprint density at radius 1 is 1.00 bits per heavy atom. The van der Waals surface area contributed by atoms with Gasteiger partial charge >= 0.3 is 0 Å². The predicted octanol–water partition coefficient (Wildman–Crippen LogP) is 3.58. The van der Waals surface area contributed by atoms with Crippen LogP contribution in [0.25, 0.3) is 16.6 Å². The van der Waals surface area contributed by atoms with Crippen LogP contribution < -0.4 is 10.6 Å². The monoisotopic (exact) mass is 422 g/mol. The van der Waals surface area contributed by atoms with Crippen molar-refractivity contribution >= 4 is 16.9 Å². The number of nitrogens with one attached hydrogen (secondary N) is 3. The van der Waals surface area contributed by atoms with Crippen molar-refractivity contribution in [3.05, 3.63) is 83.8 Å². The number of guanidine groups is 1. The Balaban J connectivity index is 1.24. The highest BCUT2D eigenvalue weighted by Gasteiger charge is 2.06. The van der Waals surface area contributed by atoms with Crippen LogP contribution in [0.15, 0.2) is 65.9 Å². The van der Waals surface area contributed by atoms with Gasteiger partial charge in [-0.05, 0) is 60.5 Å². The lowest BCUT2D eigenvalue weighted by molar-refractivity contribution is 0.627. The Kier molecular flexibility index (Phi) is 6.26. The molecule has 2 aromatic carbocycles. The van der Waals surface area contributed by atoms with Crippen molar-refractivity contribution in [1.29, 1.82) is 0 Å². The average Bonchev–Trinajstić information content (AvgIpc) is 3.40. The predicted molar refractivity (Wildman–Crippen MR) is 119 cm³/mol. The molecule has 0 amide bonds. The van der Waals surface area contributed by atoms with Crippen LogP contribution in [0.1, 0.15) is 11.3 Å². The van der Waals surface area contributed by atoms with Gasteiger partial charge in [-0.25, -0.2) is 13.5 Å². The highest BCUT2D eigenvalue weighted by Crippen LogP contribution is 2.19. The van der Waals surface area contributed by atoms with E-state index in [1.54, 1.807) is 36.0 Å². The minimum atomic E-state index is -0.268. The van der Waals surface area contributed by atoms with E-state index in [9.17, 15) is 8.78 Å². The van der Waals surface area contributed by atoms with Crippen molar-refractivity contribution in [2.45, 2.75) is 12.8 Å². The molecule has 0 aliphatic carbocycles. The lowest BCUT2D eigenvalue weighted by Crippen LogP contribution is -2.39. The van der Waals surface area contributed by atoms with Gasteiger partial charge in [0.15, 0.2) is 5.96 Å². The van der Waals surface area contributed by atoms with Crippen LogP contribution >= 0.6 is 0 Å². The number of rotatable bonds is 7. The lowest BCUT2D eigenvalue weighted by Gasteiger charge is -2.11. The molecule has 0 unspecified atom stereocenters. The summed E-state index contributed by atoms with van der Waals surface area (Å²) in [6.07, 6.45) is 5.24. The molecule has 2 aromatic heterocycles. The molecule has 0 aliphatic heterocycles. The van der Waals surface area contributed by atoms with Gasteiger partial charge in [0.25, 0.3) is 0 Å². The fourth-order valence-electron chi connectivity index (χ4n) is 3.44. The van der Waals surface area contributed by atoms with Crippen LogP contribution in [0.5, 0.6) is 0 Å². The Morgan fingerprint density at radius 3 is 2.52 bits per heavy atom. The first-order chi connectivity index (χ1) is 15.1. The van der Waals surface area contributed by atoms with Gasteiger partial charge in [-0.3, -0.25) is 4.99 Å². The van der Waals surface area contributed by atoms with Crippen LogP contribution in [0.2, 0.25) is 0 Å². The summed E-state index contributed by atoms with van der Waals surface area (Å²) in [5, 5.41) is 12.0. The molecule has 0 atom stereocenters.